The highest BCUT2D eigenvalue weighted by Gasteiger charge is 2.12. The van der Waals surface area contributed by atoms with Gasteiger partial charge in [-0.15, -0.1) is 0 Å². The van der Waals surface area contributed by atoms with Gasteiger partial charge in [0.2, 0.25) is 0 Å². The Hall–Kier alpha value is -2.09. The summed E-state index contributed by atoms with van der Waals surface area (Å²) in [4.78, 5) is 13.3. The Kier molecular flexibility index (Phi) is 6.86. The van der Waals surface area contributed by atoms with Gasteiger partial charge in [0.05, 0.1) is 7.11 Å². The van der Waals surface area contributed by atoms with Crippen molar-refractivity contribution >= 4 is 11.6 Å². The van der Waals surface area contributed by atoms with E-state index in [9.17, 15) is 4.79 Å². The maximum Gasteiger partial charge on any atom is 0.343 e. The van der Waals surface area contributed by atoms with Crippen LogP contribution in [0.25, 0.3) is 5.57 Å². The summed E-state index contributed by atoms with van der Waals surface area (Å²) in [6, 6.07) is 7.78. The first-order valence-corrected chi connectivity index (χ1v) is 7.78. The van der Waals surface area contributed by atoms with Crippen molar-refractivity contribution in [1.82, 2.24) is 21.2 Å². The summed E-state index contributed by atoms with van der Waals surface area (Å²) in [5.74, 6) is 5.84. The lowest BCUT2D eigenvalue weighted by atomic mass is 9.99. The molecule has 2 amide bonds. The Morgan fingerprint density at radius 3 is 2.74 bits per heavy atom. The zero-order chi connectivity index (χ0) is 16.5. The molecule has 7 heteroatoms. The van der Waals surface area contributed by atoms with Crippen molar-refractivity contribution in [3.05, 3.63) is 35.9 Å². The van der Waals surface area contributed by atoms with Gasteiger partial charge in [0, 0.05) is 19.6 Å². The van der Waals surface area contributed by atoms with Gasteiger partial charge in [-0.1, -0.05) is 18.2 Å². The largest absolute Gasteiger partial charge is 0.497 e. The normalized spacial score (nSPS) is 15.0. The molecular weight excluding hydrogens is 294 g/mol. The van der Waals surface area contributed by atoms with Gasteiger partial charge >= 0.3 is 6.03 Å². The number of nitrogens with two attached hydrogens (primary N) is 1. The molecule has 0 radical (unpaired) electrons. The number of hydrazine groups is 2. The predicted octanol–water partition coefficient (Wildman–Crippen LogP) is 0.852. The molecular formula is C16H25N5O2. The van der Waals surface area contributed by atoms with E-state index >= 15 is 0 Å². The van der Waals surface area contributed by atoms with Gasteiger partial charge < -0.3 is 4.74 Å². The molecule has 5 N–H and O–H groups in total. The first-order chi connectivity index (χ1) is 11.2. The fraction of sp³-hybridized carbons (Fsp3) is 0.438. The maximum atomic E-state index is 10.9. The van der Waals surface area contributed by atoms with E-state index in [1.165, 1.54) is 11.1 Å². The van der Waals surface area contributed by atoms with Gasteiger partial charge in [-0.2, -0.15) is 0 Å². The second kappa shape index (κ2) is 9.14. The minimum absolute atomic E-state index is 0.435. The second-order valence-corrected chi connectivity index (χ2v) is 5.39. The van der Waals surface area contributed by atoms with Crippen LogP contribution in [-0.2, 0) is 0 Å². The van der Waals surface area contributed by atoms with Crippen LogP contribution in [0.2, 0.25) is 0 Å². The summed E-state index contributed by atoms with van der Waals surface area (Å²) >= 11 is 0. The van der Waals surface area contributed by atoms with E-state index in [4.69, 9.17) is 10.6 Å². The quantitative estimate of drug-likeness (QED) is 0.259. The first kappa shape index (κ1) is 17.3. The third-order valence-corrected chi connectivity index (χ3v) is 3.86. The standard InChI is InChI=1S/C16H25N5O2/c1-23-15-5-3-13(4-6-15)14-7-11-21(12-8-14)10-2-9-18-20-16(22)19-17/h3-7,18H,2,8-12,17H2,1H3,(H2,19,20,22). The highest BCUT2D eigenvalue weighted by molar-refractivity contribution is 5.72. The Morgan fingerprint density at radius 1 is 1.35 bits per heavy atom. The molecule has 0 aliphatic carbocycles. The number of benzene rings is 1. The van der Waals surface area contributed by atoms with E-state index in [1.54, 1.807) is 7.11 Å². The van der Waals surface area contributed by atoms with Gasteiger partial charge in [-0.3, -0.25) is 15.8 Å². The molecule has 1 aromatic carbocycles. The van der Waals surface area contributed by atoms with Crippen LogP contribution in [0.4, 0.5) is 4.79 Å². The van der Waals surface area contributed by atoms with Crippen LogP contribution in [0.1, 0.15) is 18.4 Å². The summed E-state index contributed by atoms with van der Waals surface area (Å²) in [5, 5.41) is 0. The van der Waals surface area contributed by atoms with E-state index < -0.39 is 6.03 Å². The van der Waals surface area contributed by atoms with Crippen molar-refractivity contribution in [2.75, 3.05) is 33.3 Å². The topological polar surface area (TPSA) is 91.6 Å². The number of amides is 2. The molecule has 0 bridgehead atoms. The first-order valence-electron chi connectivity index (χ1n) is 7.78. The molecule has 7 nitrogen and oxygen atoms in total. The molecule has 0 saturated heterocycles. The number of ether oxygens (including phenoxy) is 1. The zero-order valence-corrected chi connectivity index (χ0v) is 13.5. The van der Waals surface area contributed by atoms with Gasteiger partial charge in [0.1, 0.15) is 5.75 Å². The van der Waals surface area contributed by atoms with E-state index in [-0.39, 0.29) is 0 Å². The molecule has 0 fully saturated rings. The molecule has 0 atom stereocenters. The van der Waals surface area contributed by atoms with Crippen molar-refractivity contribution in [3.63, 3.8) is 0 Å². The Labute approximate surface area is 136 Å². The number of carbonyl (C=O) groups excluding carboxylic acids is 1. The molecule has 1 aliphatic heterocycles. The van der Waals surface area contributed by atoms with Crippen molar-refractivity contribution in [3.8, 4) is 5.75 Å². The van der Waals surface area contributed by atoms with Gasteiger partial charge in [0.15, 0.2) is 0 Å². The number of urea groups is 1. The number of methoxy groups -OCH3 is 1. The summed E-state index contributed by atoms with van der Waals surface area (Å²) in [7, 11) is 1.68. The van der Waals surface area contributed by atoms with E-state index in [0.717, 1.165) is 38.2 Å². The lowest BCUT2D eigenvalue weighted by molar-refractivity contribution is 0.235. The molecule has 1 heterocycles. The average Bonchev–Trinajstić information content (AvgIpc) is 2.62. The van der Waals surface area contributed by atoms with Gasteiger partial charge in [0.25, 0.3) is 0 Å². The molecule has 1 aliphatic rings. The zero-order valence-electron chi connectivity index (χ0n) is 13.5. The van der Waals surface area contributed by atoms with Crippen LogP contribution in [0.15, 0.2) is 30.3 Å². The summed E-state index contributed by atoms with van der Waals surface area (Å²) in [6.07, 6.45) is 4.29. The highest BCUT2D eigenvalue weighted by atomic mass is 16.5. The van der Waals surface area contributed by atoms with Crippen molar-refractivity contribution in [1.29, 1.82) is 0 Å². The molecule has 0 aromatic heterocycles. The maximum absolute atomic E-state index is 10.9. The number of rotatable bonds is 7. The summed E-state index contributed by atoms with van der Waals surface area (Å²) in [5.41, 5.74) is 9.92. The Morgan fingerprint density at radius 2 is 2.13 bits per heavy atom. The lowest BCUT2D eigenvalue weighted by Crippen LogP contribution is -2.47. The smallest absolute Gasteiger partial charge is 0.343 e. The molecule has 0 unspecified atom stereocenters. The third-order valence-electron chi connectivity index (χ3n) is 3.86. The second-order valence-electron chi connectivity index (χ2n) is 5.39. The monoisotopic (exact) mass is 319 g/mol. The Balaban J connectivity index is 1.69. The molecule has 0 saturated carbocycles. The number of nitrogens with one attached hydrogen (secondary N) is 3. The summed E-state index contributed by atoms with van der Waals surface area (Å²) < 4.78 is 5.19. The van der Waals surface area contributed by atoms with Gasteiger partial charge in [-0.25, -0.2) is 16.1 Å². The molecule has 2 rings (SSSR count). The fourth-order valence-corrected chi connectivity index (χ4v) is 2.55. The SMILES string of the molecule is COc1ccc(C2=CCN(CCCNNC(=O)NN)CC2)cc1. The van der Waals surface area contributed by atoms with E-state index in [2.05, 4.69) is 34.0 Å². The molecule has 1 aromatic rings. The van der Waals surface area contributed by atoms with E-state index in [1.807, 2.05) is 17.6 Å². The molecule has 0 spiro atoms. The number of carbonyl (C=O) groups is 1. The van der Waals surface area contributed by atoms with Crippen LogP contribution in [0.3, 0.4) is 0 Å². The van der Waals surface area contributed by atoms with Gasteiger partial charge in [-0.05, 0) is 42.7 Å². The minimum atomic E-state index is -0.435. The van der Waals surface area contributed by atoms with Crippen molar-refractivity contribution in [2.24, 2.45) is 5.84 Å². The number of nitrogens with zero attached hydrogens (tertiary/aromatic N) is 1. The number of hydrogen-bond donors (Lipinski definition) is 4. The minimum Gasteiger partial charge on any atom is -0.497 e. The Bertz CT molecular complexity index is 530. The van der Waals surface area contributed by atoms with Crippen LogP contribution >= 0.6 is 0 Å². The number of hydrogen-bond acceptors (Lipinski definition) is 5. The van der Waals surface area contributed by atoms with Crippen molar-refractivity contribution in [2.45, 2.75) is 12.8 Å². The van der Waals surface area contributed by atoms with Crippen molar-refractivity contribution < 1.29 is 9.53 Å². The molecule has 126 valence electrons. The summed E-state index contributed by atoms with van der Waals surface area (Å²) in [6.45, 7) is 3.71. The molecule has 23 heavy (non-hydrogen) atoms. The van der Waals surface area contributed by atoms with Crippen LogP contribution in [0.5, 0.6) is 5.75 Å². The van der Waals surface area contributed by atoms with E-state index in [0.29, 0.717) is 6.54 Å². The third kappa shape index (κ3) is 5.55. The predicted molar refractivity (Wildman–Crippen MR) is 90.5 cm³/mol. The fourth-order valence-electron chi connectivity index (χ4n) is 2.55. The average molecular weight is 319 g/mol. The van der Waals surface area contributed by atoms with Crippen LogP contribution in [0, 0.1) is 0 Å². The lowest BCUT2D eigenvalue weighted by Gasteiger charge is -2.26. The van der Waals surface area contributed by atoms with Crippen LogP contribution < -0.4 is 26.9 Å². The van der Waals surface area contributed by atoms with Crippen LogP contribution in [-0.4, -0.2) is 44.2 Å². The highest BCUT2D eigenvalue weighted by Crippen LogP contribution is 2.24.